The first kappa shape index (κ1) is 15.3. The van der Waals surface area contributed by atoms with Crippen LogP contribution in [0.2, 0.25) is 5.02 Å². The lowest BCUT2D eigenvalue weighted by Gasteiger charge is -2.13. The Kier molecular flexibility index (Phi) is 4.48. The molecule has 1 N–H and O–H groups in total. The van der Waals surface area contributed by atoms with E-state index < -0.39 is 5.97 Å². The summed E-state index contributed by atoms with van der Waals surface area (Å²) >= 11 is 5.93. The smallest absolute Gasteiger partial charge is 0.335 e. The summed E-state index contributed by atoms with van der Waals surface area (Å²) in [5.41, 5.74) is 2.91. The van der Waals surface area contributed by atoms with Crippen molar-refractivity contribution in [3.05, 3.63) is 68.1 Å². The van der Waals surface area contributed by atoms with Gasteiger partial charge < -0.3 is 9.67 Å². The summed E-state index contributed by atoms with van der Waals surface area (Å²) in [6, 6.07) is 8.34. The number of halogens is 1. The molecule has 0 saturated heterocycles. The Labute approximate surface area is 127 Å². The molecule has 4 nitrogen and oxygen atoms in total. The first-order chi connectivity index (χ1) is 9.90. The van der Waals surface area contributed by atoms with Crippen molar-refractivity contribution in [2.24, 2.45) is 0 Å². The van der Waals surface area contributed by atoms with Gasteiger partial charge in [-0.25, -0.2) is 4.79 Å². The monoisotopic (exact) mass is 305 g/mol. The van der Waals surface area contributed by atoms with Crippen molar-refractivity contribution in [3.63, 3.8) is 0 Å². The lowest BCUT2D eigenvalue weighted by atomic mass is 10.1. The van der Waals surface area contributed by atoms with Gasteiger partial charge in [0.2, 0.25) is 0 Å². The van der Waals surface area contributed by atoms with Gasteiger partial charge in [-0.15, -0.1) is 0 Å². The number of carbonyl (C=O) groups is 1. The van der Waals surface area contributed by atoms with Crippen LogP contribution in [-0.4, -0.2) is 15.6 Å². The van der Waals surface area contributed by atoms with Gasteiger partial charge in [0.25, 0.3) is 5.56 Å². The summed E-state index contributed by atoms with van der Waals surface area (Å²) in [4.78, 5) is 22.9. The minimum atomic E-state index is -0.945. The second-order valence-corrected chi connectivity index (χ2v) is 5.38. The van der Waals surface area contributed by atoms with E-state index >= 15 is 0 Å². The molecule has 0 spiro atoms. The van der Waals surface area contributed by atoms with Crippen molar-refractivity contribution in [1.82, 2.24) is 4.57 Å². The van der Waals surface area contributed by atoms with Crippen molar-refractivity contribution in [2.75, 3.05) is 0 Å². The van der Waals surface area contributed by atoms with E-state index in [0.717, 1.165) is 16.8 Å². The largest absolute Gasteiger partial charge is 0.478 e. The van der Waals surface area contributed by atoms with Gasteiger partial charge >= 0.3 is 5.97 Å². The molecule has 0 fully saturated rings. The number of aryl methyl sites for hydroxylation is 2. The minimum absolute atomic E-state index is 0.193. The Morgan fingerprint density at radius 1 is 1.24 bits per heavy atom. The number of aromatic carboxylic acids is 1. The summed E-state index contributed by atoms with van der Waals surface area (Å²) in [6.45, 7) is 4.32. The average Bonchev–Trinajstić information content (AvgIpc) is 2.45. The Morgan fingerprint density at radius 2 is 1.86 bits per heavy atom. The molecule has 2 aromatic rings. The maximum absolute atomic E-state index is 12.1. The van der Waals surface area contributed by atoms with Gasteiger partial charge in [-0.1, -0.05) is 23.7 Å². The lowest BCUT2D eigenvalue weighted by Crippen LogP contribution is -2.24. The number of rotatable bonds is 4. The topological polar surface area (TPSA) is 59.3 Å². The fourth-order valence-corrected chi connectivity index (χ4v) is 2.44. The number of benzene rings is 1. The quantitative estimate of drug-likeness (QED) is 0.944. The van der Waals surface area contributed by atoms with E-state index in [2.05, 4.69) is 0 Å². The standard InChI is InChI=1S/C16H16ClNO3/c1-10-9-14(17)15(19)18(11(10)2)8-7-12-3-5-13(6-4-12)16(20)21/h3-6,9H,7-8H2,1-2H3,(H,20,21). The molecule has 5 heteroatoms. The van der Waals surface area contributed by atoms with Crippen LogP contribution in [0.4, 0.5) is 0 Å². The molecule has 0 unspecified atom stereocenters. The van der Waals surface area contributed by atoms with E-state index in [1.54, 1.807) is 34.9 Å². The highest BCUT2D eigenvalue weighted by Crippen LogP contribution is 2.12. The third kappa shape index (κ3) is 3.34. The minimum Gasteiger partial charge on any atom is -0.478 e. The lowest BCUT2D eigenvalue weighted by molar-refractivity contribution is 0.0697. The van der Waals surface area contributed by atoms with Crippen molar-refractivity contribution >= 4 is 17.6 Å². The highest BCUT2D eigenvalue weighted by molar-refractivity contribution is 6.30. The van der Waals surface area contributed by atoms with E-state index in [4.69, 9.17) is 16.7 Å². The van der Waals surface area contributed by atoms with Crippen LogP contribution in [0.25, 0.3) is 0 Å². The van der Waals surface area contributed by atoms with Crippen LogP contribution < -0.4 is 5.56 Å². The van der Waals surface area contributed by atoms with Crippen LogP contribution in [0.1, 0.15) is 27.2 Å². The number of nitrogens with zero attached hydrogens (tertiary/aromatic N) is 1. The number of pyridine rings is 1. The number of hydrogen-bond donors (Lipinski definition) is 1. The highest BCUT2D eigenvalue weighted by atomic mass is 35.5. The van der Waals surface area contributed by atoms with E-state index in [1.165, 1.54) is 0 Å². The molecule has 0 aliphatic rings. The van der Waals surface area contributed by atoms with Gasteiger partial charge in [0, 0.05) is 12.2 Å². The SMILES string of the molecule is Cc1cc(Cl)c(=O)n(CCc2ccc(C(=O)O)cc2)c1C. The Balaban J connectivity index is 2.20. The molecular weight excluding hydrogens is 290 g/mol. The van der Waals surface area contributed by atoms with Crippen molar-refractivity contribution in [3.8, 4) is 0 Å². The number of aromatic nitrogens is 1. The van der Waals surface area contributed by atoms with Crippen molar-refractivity contribution in [2.45, 2.75) is 26.8 Å². The van der Waals surface area contributed by atoms with Gasteiger partial charge in [-0.05, 0) is 49.6 Å². The normalized spacial score (nSPS) is 10.6. The molecule has 2 rings (SSSR count). The fraction of sp³-hybridized carbons (Fsp3) is 0.250. The summed E-state index contributed by atoms with van der Waals surface area (Å²) in [5.74, 6) is -0.945. The average molecular weight is 306 g/mol. The first-order valence-electron chi connectivity index (χ1n) is 6.59. The second kappa shape index (κ2) is 6.14. The first-order valence-corrected chi connectivity index (χ1v) is 6.96. The summed E-state index contributed by atoms with van der Waals surface area (Å²) in [7, 11) is 0. The Morgan fingerprint density at radius 3 is 2.43 bits per heavy atom. The van der Waals surface area contributed by atoms with Gasteiger partial charge in [0.15, 0.2) is 0 Å². The molecule has 1 heterocycles. The number of carboxylic acid groups (broad SMARTS) is 1. The molecule has 1 aromatic heterocycles. The van der Waals surface area contributed by atoms with Gasteiger partial charge in [-0.2, -0.15) is 0 Å². The molecule has 0 amide bonds. The van der Waals surface area contributed by atoms with Crippen LogP contribution >= 0.6 is 11.6 Å². The third-order valence-electron chi connectivity index (χ3n) is 3.59. The van der Waals surface area contributed by atoms with E-state index in [1.807, 2.05) is 13.8 Å². The summed E-state index contributed by atoms with van der Waals surface area (Å²) < 4.78 is 1.66. The molecule has 0 bridgehead atoms. The van der Waals surface area contributed by atoms with Gasteiger partial charge in [-0.3, -0.25) is 4.79 Å². The second-order valence-electron chi connectivity index (χ2n) is 4.97. The third-order valence-corrected chi connectivity index (χ3v) is 3.86. The maximum atomic E-state index is 12.1. The Bertz CT molecular complexity index is 732. The van der Waals surface area contributed by atoms with E-state index in [9.17, 15) is 9.59 Å². The zero-order valence-corrected chi connectivity index (χ0v) is 12.6. The molecule has 0 radical (unpaired) electrons. The van der Waals surface area contributed by atoms with Crippen LogP contribution in [0.5, 0.6) is 0 Å². The van der Waals surface area contributed by atoms with E-state index in [-0.39, 0.29) is 16.1 Å². The molecular formula is C16H16ClNO3. The van der Waals surface area contributed by atoms with Crippen LogP contribution in [0.3, 0.4) is 0 Å². The Hall–Kier alpha value is -2.07. The van der Waals surface area contributed by atoms with Crippen molar-refractivity contribution in [1.29, 1.82) is 0 Å². The molecule has 110 valence electrons. The fourth-order valence-electron chi connectivity index (χ4n) is 2.17. The molecule has 1 aromatic carbocycles. The predicted molar refractivity (Wildman–Crippen MR) is 82.3 cm³/mol. The molecule has 0 saturated carbocycles. The predicted octanol–water partition coefficient (Wildman–Crippen LogP) is 3.06. The van der Waals surface area contributed by atoms with Crippen LogP contribution in [0.15, 0.2) is 35.1 Å². The van der Waals surface area contributed by atoms with E-state index in [0.29, 0.717) is 13.0 Å². The van der Waals surface area contributed by atoms with Crippen molar-refractivity contribution < 1.29 is 9.90 Å². The van der Waals surface area contributed by atoms with Gasteiger partial charge in [0.05, 0.1) is 5.56 Å². The molecule has 21 heavy (non-hydrogen) atoms. The molecule has 0 aliphatic carbocycles. The van der Waals surface area contributed by atoms with Crippen LogP contribution in [0, 0.1) is 13.8 Å². The highest BCUT2D eigenvalue weighted by Gasteiger charge is 2.08. The number of hydrogen-bond acceptors (Lipinski definition) is 2. The van der Waals surface area contributed by atoms with Gasteiger partial charge in [0.1, 0.15) is 5.02 Å². The summed E-state index contributed by atoms with van der Waals surface area (Å²) in [6.07, 6.45) is 0.639. The summed E-state index contributed by atoms with van der Waals surface area (Å²) in [5, 5.41) is 9.08. The molecule has 0 aliphatic heterocycles. The zero-order valence-electron chi connectivity index (χ0n) is 11.9. The van der Waals surface area contributed by atoms with Crippen LogP contribution in [-0.2, 0) is 13.0 Å². The maximum Gasteiger partial charge on any atom is 0.335 e. The zero-order chi connectivity index (χ0) is 15.6. The molecule has 0 atom stereocenters. The number of carboxylic acids is 1.